The molecule has 0 saturated carbocycles. The molecule has 0 aliphatic rings. The summed E-state index contributed by atoms with van der Waals surface area (Å²) in [6.45, 7) is 1.54. The Morgan fingerprint density at radius 3 is 2.35 bits per heavy atom. The fourth-order valence-electron chi connectivity index (χ4n) is 0.842. The van der Waals surface area contributed by atoms with Crippen LogP contribution in [0.25, 0.3) is 0 Å². The fourth-order valence-corrected chi connectivity index (χ4v) is 0.842. The van der Waals surface area contributed by atoms with Crippen LogP contribution < -0.4 is 21.7 Å². The molecule has 0 radical (unpaired) electrons. The van der Waals surface area contributed by atoms with Gasteiger partial charge in [-0.25, -0.2) is 5.84 Å². The molecule has 0 amide bonds. The van der Waals surface area contributed by atoms with Crippen LogP contribution in [0.5, 0.6) is 5.75 Å². The average molecular weight is 261 g/mol. The second-order valence-corrected chi connectivity index (χ2v) is 2.85. The second-order valence-electron chi connectivity index (χ2n) is 2.85. The van der Waals surface area contributed by atoms with E-state index in [0.29, 0.717) is 5.56 Å². The van der Waals surface area contributed by atoms with Gasteiger partial charge in [-0.3, -0.25) is 15.6 Å². The van der Waals surface area contributed by atoms with E-state index in [9.17, 15) is 4.79 Å². The zero-order chi connectivity index (χ0) is 12.6. The molecule has 0 bridgehead atoms. The van der Waals surface area contributed by atoms with Gasteiger partial charge in [-0.1, -0.05) is 12.1 Å². The third-order valence-electron chi connectivity index (χ3n) is 1.63. The highest BCUT2D eigenvalue weighted by atomic mass is 35.5. The molecule has 0 aliphatic carbocycles. The highest BCUT2D eigenvalue weighted by molar-refractivity contribution is 5.94. The van der Waals surface area contributed by atoms with Crippen molar-refractivity contribution in [1.29, 1.82) is 5.41 Å². The number of ether oxygens (including phenoxy) is 1. The Balaban J connectivity index is 0. The predicted molar refractivity (Wildman–Crippen MR) is 69.5 cm³/mol. The molecule has 1 aromatic rings. The molecule has 0 atom stereocenters. The first kappa shape index (κ1) is 17.6. The number of Topliss-reactive ketones (excluding diaryl/α,β-unsaturated/α-hetero) is 1. The molecule has 0 heterocycles. The molecule has 0 unspecified atom stereocenters. The van der Waals surface area contributed by atoms with Crippen LogP contribution in [-0.4, -0.2) is 18.9 Å². The molecular formula is C10H17ClN4O2. The number of benzene rings is 1. The minimum atomic E-state index is -0.218. The smallest absolute Gasteiger partial charge is 0.200 e. The summed E-state index contributed by atoms with van der Waals surface area (Å²) in [6, 6.07) is 7.11. The largest absolute Gasteiger partial charge is 0.497 e. The molecule has 6 N–H and O–H groups in total. The summed E-state index contributed by atoms with van der Waals surface area (Å²) in [5, 5.41) is 6.28. The third-order valence-corrected chi connectivity index (χ3v) is 1.63. The number of guanidine groups is 1. The van der Waals surface area contributed by atoms with Crippen molar-refractivity contribution in [3.8, 4) is 5.75 Å². The van der Waals surface area contributed by atoms with Crippen molar-refractivity contribution >= 4 is 24.1 Å². The van der Waals surface area contributed by atoms with Crippen LogP contribution in [0.2, 0.25) is 0 Å². The summed E-state index contributed by atoms with van der Waals surface area (Å²) < 4.78 is 4.95. The Kier molecular flexibility index (Phi) is 9.77. The van der Waals surface area contributed by atoms with Gasteiger partial charge in [-0.15, -0.1) is 12.4 Å². The average Bonchev–Trinajstić information content (AvgIpc) is 2.29. The van der Waals surface area contributed by atoms with Gasteiger partial charge in [0.2, 0.25) is 0 Å². The summed E-state index contributed by atoms with van der Waals surface area (Å²) >= 11 is 0. The van der Waals surface area contributed by atoms with E-state index < -0.39 is 0 Å². The summed E-state index contributed by atoms with van der Waals surface area (Å²) in [5.74, 6) is 5.13. The SMILES string of the molecule is COc1cccc(C(C)=O)c1.Cl.N=C(N)NN. The predicted octanol–water partition coefficient (Wildman–Crippen LogP) is 0.663. The summed E-state index contributed by atoms with van der Waals surface area (Å²) in [7, 11) is 1.58. The van der Waals surface area contributed by atoms with Crippen molar-refractivity contribution in [2.24, 2.45) is 11.6 Å². The minimum Gasteiger partial charge on any atom is -0.497 e. The number of rotatable bonds is 2. The van der Waals surface area contributed by atoms with Crippen molar-refractivity contribution in [3.05, 3.63) is 29.8 Å². The molecule has 17 heavy (non-hydrogen) atoms. The number of carbonyl (C=O) groups is 1. The zero-order valence-electron chi connectivity index (χ0n) is 9.69. The lowest BCUT2D eigenvalue weighted by atomic mass is 10.1. The lowest BCUT2D eigenvalue weighted by Crippen LogP contribution is -2.35. The van der Waals surface area contributed by atoms with Gasteiger partial charge in [-0.05, 0) is 19.1 Å². The van der Waals surface area contributed by atoms with Crippen LogP contribution in [0.4, 0.5) is 0 Å². The molecule has 0 saturated heterocycles. The quantitative estimate of drug-likeness (QED) is 0.205. The topological polar surface area (TPSA) is 114 Å². The van der Waals surface area contributed by atoms with Crippen LogP contribution in [0, 0.1) is 5.41 Å². The minimum absolute atomic E-state index is 0. The normalized spacial score (nSPS) is 7.94. The molecule has 6 nitrogen and oxygen atoms in total. The summed E-state index contributed by atoms with van der Waals surface area (Å²) in [6.07, 6.45) is 0. The Hall–Kier alpha value is -1.79. The van der Waals surface area contributed by atoms with Crippen molar-refractivity contribution in [2.45, 2.75) is 6.92 Å². The highest BCUT2D eigenvalue weighted by Crippen LogP contribution is 2.12. The first-order valence-electron chi connectivity index (χ1n) is 4.47. The number of carbonyl (C=O) groups excluding carboxylic acids is 1. The molecule has 0 aromatic heterocycles. The number of hydrazine groups is 1. The third kappa shape index (κ3) is 8.06. The standard InChI is InChI=1S/C9H10O2.CH6N4.ClH/c1-7(10)8-4-3-5-9(6-8)11-2;2-1(3)5-4;/h3-6H,1-2H3;4H2,(H4,2,3,5);1H. The van der Waals surface area contributed by atoms with Gasteiger partial charge in [0.05, 0.1) is 7.11 Å². The van der Waals surface area contributed by atoms with Crippen molar-refractivity contribution < 1.29 is 9.53 Å². The van der Waals surface area contributed by atoms with Gasteiger partial charge in [0.1, 0.15) is 5.75 Å². The van der Waals surface area contributed by atoms with E-state index in [1.54, 1.807) is 25.3 Å². The Morgan fingerprint density at radius 2 is 2.00 bits per heavy atom. The van der Waals surface area contributed by atoms with Gasteiger partial charge in [0, 0.05) is 5.56 Å². The molecule has 0 aliphatic heterocycles. The first-order chi connectivity index (χ1) is 7.51. The number of ketones is 1. The van der Waals surface area contributed by atoms with E-state index in [1.165, 1.54) is 6.92 Å². The van der Waals surface area contributed by atoms with E-state index in [-0.39, 0.29) is 24.1 Å². The number of hydrogen-bond acceptors (Lipinski definition) is 4. The van der Waals surface area contributed by atoms with Gasteiger partial charge in [0.25, 0.3) is 0 Å². The molecular weight excluding hydrogens is 244 g/mol. The maximum absolute atomic E-state index is 10.9. The van der Waals surface area contributed by atoms with E-state index >= 15 is 0 Å². The second kappa shape index (κ2) is 9.44. The number of methoxy groups -OCH3 is 1. The molecule has 0 spiro atoms. The van der Waals surface area contributed by atoms with Crippen LogP contribution in [0.1, 0.15) is 17.3 Å². The van der Waals surface area contributed by atoms with Gasteiger partial charge >= 0.3 is 0 Å². The summed E-state index contributed by atoms with van der Waals surface area (Å²) in [5.41, 5.74) is 7.21. The number of nitrogens with one attached hydrogen (secondary N) is 2. The van der Waals surface area contributed by atoms with Crippen molar-refractivity contribution in [1.82, 2.24) is 5.43 Å². The van der Waals surface area contributed by atoms with E-state index in [0.717, 1.165) is 5.75 Å². The van der Waals surface area contributed by atoms with Crippen LogP contribution >= 0.6 is 12.4 Å². The number of halogens is 1. The van der Waals surface area contributed by atoms with Crippen LogP contribution in [0.3, 0.4) is 0 Å². The molecule has 1 rings (SSSR count). The Labute approximate surface area is 106 Å². The molecule has 96 valence electrons. The number of nitrogens with two attached hydrogens (primary N) is 2. The Morgan fingerprint density at radius 1 is 1.47 bits per heavy atom. The molecule has 7 heteroatoms. The maximum Gasteiger partial charge on any atom is 0.200 e. The lowest BCUT2D eigenvalue weighted by Gasteiger charge is -1.99. The molecule has 0 fully saturated rings. The maximum atomic E-state index is 10.9. The van der Waals surface area contributed by atoms with Crippen molar-refractivity contribution in [2.75, 3.05) is 7.11 Å². The molecule has 1 aromatic carbocycles. The summed E-state index contributed by atoms with van der Waals surface area (Å²) in [4.78, 5) is 10.9. The van der Waals surface area contributed by atoms with Crippen LogP contribution in [0.15, 0.2) is 24.3 Å². The van der Waals surface area contributed by atoms with E-state index in [1.807, 2.05) is 11.5 Å². The lowest BCUT2D eigenvalue weighted by molar-refractivity contribution is 0.101. The monoisotopic (exact) mass is 260 g/mol. The van der Waals surface area contributed by atoms with E-state index in [4.69, 9.17) is 10.1 Å². The Bertz CT molecular complexity index is 371. The van der Waals surface area contributed by atoms with Gasteiger partial charge < -0.3 is 10.5 Å². The van der Waals surface area contributed by atoms with Gasteiger partial charge in [-0.2, -0.15) is 0 Å². The van der Waals surface area contributed by atoms with Gasteiger partial charge in [0.15, 0.2) is 11.7 Å². The van der Waals surface area contributed by atoms with E-state index in [2.05, 4.69) is 11.6 Å². The fraction of sp³-hybridized carbons (Fsp3) is 0.200. The van der Waals surface area contributed by atoms with Crippen LogP contribution in [-0.2, 0) is 0 Å². The first-order valence-corrected chi connectivity index (χ1v) is 4.47. The number of hydrogen-bond donors (Lipinski definition) is 4. The highest BCUT2D eigenvalue weighted by Gasteiger charge is 1.98. The zero-order valence-corrected chi connectivity index (χ0v) is 10.5. The van der Waals surface area contributed by atoms with Crippen molar-refractivity contribution in [3.63, 3.8) is 0 Å².